The number of carbonyl (C=O) groups is 1. The number of nitrogens with zero attached hydrogens (tertiary/aromatic N) is 3. The van der Waals surface area contributed by atoms with E-state index in [0.29, 0.717) is 6.42 Å². The summed E-state index contributed by atoms with van der Waals surface area (Å²) in [5.74, 6) is 1.32. The van der Waals surface area contributed by atoms with Gasteiger partial charge < -0.3 is 9.47 Å². The summed E-state index contributed by atoms with van der Waals surface area (Å²) in [5.41, 5.74) is 2.24. The highest BCUT2D eigenvalue weighted by Crippen LogP contribution is 2.34. The quantitative estimate of drug-likeness (QED) is 0.839. The fourth-order valence-corrected chi connectivity index (χ4v) is 3.44. The topological polar surface area (TPSA) is 38.1 Å². The Kier molecular flexibility index (Phi) is 4.46. The number of aryl methyl sites for hydroxylation is 1. The Labute approximate surface area is 132 Å². The molecule has 1 aliphatic heterocycles. The lowest BCUT2D eigenvalue weighted by atomic mass is 10.2. The Hall–Kier alpha value is -1.84. The molecule has 22 heavy (non-hydrogen) atoms. The first-order valence-corrected chi connectivity index (χ1v) is 8.50. The summed E-state index contributed by atoms with van der Waals surface area (Å²) in [5, 5.41) is 0. The number of para-hydroxylation sites is 2. The second-order valence-electron chi connectivity index (χ2n) is 6.06. The Bertz CT molecular complexity index is 661. The van der Waals surface area contributed by atoms with Crippen LogP contribution >= 0.6 is 0 Å². The summed E-state index contributed by atoms with van der Waals surface area (Å²) >= 11 is 0. The van der Waals surface area contributed by atoms with Crippen molar-refractivity contribution < 1.29 is 4.79 Å². The zero-order valence-electron chi connectivity index (χ0n) is 13.6. The number of hydrogen-bond donors (Lipinski definition) is 0. The van der Waals surface area contributed by atoms with E-state index in [1.54, 1.807) is 0 Å². The van der Waals surface area contributed by atoms with Crippen molar-refractivity contribution >= 4 is 16.9 Å². The molecule has 1 aromatic heterocycles. The van der Waals surface area contributed by atoms with Crippen molar-refractivity contribution in [1.82, 2.24) is 14.5 Å². The molecule has 0 bridgehead atoms. The smallest absolute Gasteiger partial charge is 0.222 e. The summed E-state index contributed by atoms with van der Waals surface area (Å²) in [7, 11) is 0. The Balaban J connectivity index is 2.03. The van der Waals surface area contributed by atoms with Crippen LogP contribution in [0.5, 0.6) is 0 Å². The molecular formula is C18H25N3O. The standard InChI is InChI=1S/C18H25N3O/c1-3-5-12-21-15-10-7-6-9-14(15)19-18(21)16-11-8-13-20(16)17(22)4-2/h6-7,9-10,16H,3-5,8,11-13H2,1-2H3/t16-/m0/s1. The number of fused-ring (bicyclic) bond motifs is 1. The van der Waals surface area contributed by atoms with Crippen LogP contribution in [-0.2, 0) is 11.3 Å². The first-order valence-electron chi connectivity index (χ1n) is 8.50. The minimum absolute atomic E-state index is 0.150. The number of unbranched alkanes of at least 4 members (excludes halogenated alkanes) is 1. The van der Waals surface area contributed by atoms with Crippen LogP contribution in [0, 0.1) is 0 Å². The van der Waals surface area contributed by atoms with Gasteiger partial charge in [-0.05, 0) is 31.4 Å². The monoisotopic (exact) mass is 299 g/mol. The SMILES string of the molecule is CCCCn1c([C@@H]2CCCN2C(=O)CC)nc2ccccc21. The van der Waals surface area contributed by atoms with Gasteiger partial charge in [0.2, 0.25) is 5.91 Å². The maximum atomic E-state index is 12.2. The summed E-state index contributed by atoms with van der Waals surface area (Å²) < 4.78 is 2.34. The molecule has 4 nitrogen and oxygen atoms in total. The number of likely N-dealkylation sites (tertiary alicyclic amines) is 1. The molecule has 0 N–H and O–H groups in total. The highest BCUT2D eigenvalue weighted by Gasteiger charge is 2.32. The van der Waals surface area contributed by atoms with Gasteiger partial charge in [0.25, 0.3) is 0 Å². The molecule has 1 amide bonds. The minimum Gasteiger partial charge on any atom is -0.333 e. The first-order chi connectivity index (χ1) is 10.8. The number of rotatable bonds is 5. The van der Waals surface area contributed by atoms with E-state index in [0.717, 1.165) is 50.1 Å². The maximum absolute atomic E-state index is 12.2. The number of carbonyl (C=O) groups excluding carboxylic acids is 1. The van der Waals surface area contributed by atoms with Crippen LogP contribution in [0.2, 0.25) is 0 Å². The van der Waals surface area contributed by atoms with Gasteiger partial charge in [-0.15, -0.1) is 0 Å². The largest absolute Gasteiger partial charge is 0.333 e. The van der Waals surface area contributed by atoms with Gasteiger partial charge in [0, 0.05) is 19.5 Å². The van der Waals surface area contributed by atoms with Gasteiger partial charge in [-0.25, -0.2) is 4.98 Å². The van der Waals surface area contributed by atoms with Gasteiger partial charge in [0.15, 0.2) is 0 Å². The normalized spacial score (nSPS) is 18.3. The number of hydrogen-bond acceptors (Lipinski definition) is 2. The van der Waals surface area contributed by atoms with Crippen molar-refractivity contribution in [2.24, 2.45) is 0 Å². The van der Waals surface area contributed by atoms with Crippen LogP contribution in [0.3, 0.4) is 0 Å². The van der Waals surface area contributed by atoms with Crippen LogP contribution in [0.15, 0.2) is 24.3 Å². The lowest BCUT2D eigenvalue weighted by molar-refractivity contribution is -0.131. The van der Waals surface area contributed by atoms with Crippen LogP contribution in [0.1, 0.15) is 57.8 Å². The second-order valence-corrected chi connectivity index (χ2v) is 6.06. The van der Waals surface area contributed by atoms with E-state index in [2.05, 4.69) is 29.7 Å². The molecule has 0 saturated carbocycles. The van der Waals surface area contributed by atoms with E-state index in [1.807, 2.05) is 17.9 Å². The summed E-state index contributed by atoms with van der Waals surface area (Å²) in [4.78, 5) is 19.1. The third kappa shape index (κ3) is 2.62. The third-order valence-corrected chi connectivity index (χ3v) is 4.59. The average molecular weight is 299 g/mol. The first kappa shape index (κ1) is 15.1. The summed E-state index contributed by atoms with van der Waals surface area (Å²) in [6.45, 7) is 6.00. The van der Waals surface area contributed by atoms with E-state index in [1.165, 1.54) is 5.52 Å². The molecule has 4 heteroatoms. The molecular weight excluding hydrogens is 274 g/mol. The number of benzene rings is 1. The van der Waals surface area contributed by atoms with Gasteiger partial charge in [-0.3, -0.25) is 4.79 Å². The fraction of sp³-hybridized carbons (Fsp3) is 0.556. The number of imidazole rings is 1. The molecule has 3 rings (SSSR count). The van der Waals surface area contributed by atoms with Crippen LogP contribution in [-0.4, -0.2) is 26.9 Å². The molecule has 1 saturated heterocycles. The third-order valence-electron chi connectivity index (χ3n) is 4.59. The molecule has 0 aliphatic carbocycles. The van der Waals surface area contributed by atoms with E-state index in [4.69, 9.17) is 4.98 Å². The maximum Gasteiger partial charge on any atom is 0.222 e. The molecule has 0 unspecified atom stereocenters. The Morgan fingerprint density at radius 3 is 2.91 bits per heavy atom. The van der Waals surface area contributed by atoms with Crippen molar-refractivity contribution in [2.75, 3.05) is 6.54 Å². The second kappa shape index (κ2) is 6.51. The lowest BCUT2D eigenvalue weighted by Gasteiger charge is -2.24. The molecule has 1 aliphatic rings. The zero-order chi connectivity index (χ0) is 15.5. The van der Waals surface area contributed by atoms with E-state index >= 15 is 0 Å². The van der Waals surface area contributed by atoms with E-state index in [-0.39, 0.29) is 11.9 Å². The Morgan fingerprint density at radius 2 is 2.14 bits per heavy atom. The molecule has 118 valence electrons. The van der Waals surface area contributed by atoms with Crippen LogP contribution in [0.4, 0.5) is 0 Å². The van der Waals surface area contributed by atoms with Crippen molar-refractivity contribution in [3.8, 4) is 0 Å². The van der Waals surface area contributed by atoms with Gasteiger partial charge in [0.1, 0.15) is 5.82 Å². The van der Waals surface area contributed by atoms with Crippen molar-refractivity contribution in [3.63, 3.8) is 0 Å². The molecule has 1 aromatic carbocycles. The zero-order valence-corrected chi connectivity index (χ0v) is 13.6. The molecule has 0 spiro atoms. The van der Waals surface area contributed by atoms with E-state index in [9.17, 15) is 4.79 Å². The van der Waals surface area contributed by atoms with Crippen LogP contribution < -0.4 is 0 Å². The summed E-state index contributed by atoms with van der Waals surface area (Å²) in [6, 6.07) is 8.47. The van der Waals surface area contributed by atoms with Crippen LogP contribution in [0.25, 0.3) is 11.0 Å². The molecule has 2 heterocycles. The highest BCUT2D eigenvalue weighted by molar-refractivity contribution is 5.78. The van der Waals surface area contributed by atoms with Gasteiger partial charge >= 0.3 is 0 Å². The lowest BCUT2D eigenvalue weighted by Crippen LogP contribution is -2.31. The number of aromatic nitrogens is 2. The van der Waals surface area contributed by atoms with Crippen molar-refractivity contribution in [2.45, 2.75) is 58.5 Å². The van der Waals surface area contributed by atoms with Gasteiger partial charge in [-0.1, -0.05) is 32.4 Å². The fourth-order valence-electron chi connectivity index (χ4n) is 3.44. The Morgan fingerprint density at radius 1 is 1.32 bits per heavy atom. The molecule has 2 aromatic rings. The average Bonchev–Trinajstić information content (AvgIpc) is 3.16. The highest BCUT2D eigenvalue weighted by atomic mass is 16.2. The number of amides is 1. The van der Waals surface area contributed by atoms with Gasteiger partial charge in [-0.2, -0.15) is 0 Å². The van der Waals surface area contributed by atoms with E-state index < -0.39 is 0 Å². The van der Waals surface area contributed by atoms with Crippen molar-refractivity contribution in [1.29, 1.82) is 0 Å². The predicted octanol–water partition coefficient (Wildman–Crippen LogP) is 3.91. The molecule has 1 fully saturated rings. The summed E-state index contributed by atoms with van der Waals surface area (Å²) in [6.07, 6.45) is 4.98. The van der Waals surface area contributed by atoms with Gasteiger partial charge in [0.05, 0.1) is 17.1 Å². The van der Waals surface area contributed by atoms with Crippen molar-refractivity contribution in [3.05, 3.63) is 30.1 Å². The molecule has 1 atom stereocenters. The molecule has 0 radical (unpaired) electrons. The predicted molar refractivity (Wildman–Crippen MR) is 88.6 cm³/mol. The minimum atomic E-state index is 0.150.